The first kappa shape index (κ1) is 19.6. The second-order valence-corrected chi connectivity index (χ2v) is 9.01. The number of piperidine rings is 1. The van der Waals surface area contributed by atoms with E-state index in [0.29, 0.717) is 56.4 Å². The molecule has 0 aliphatic carbocycles. The van der Waals surface area contributed by atoms with Gasteiger partial charge in [0.25, 0.3) is 10.2 Å². The number of anilines is 1. The lowest BCUT2D eigenvalue weighted by Crippen LogP contribution is -2.52. The number of benzene rings is 1. The van der Waals surface area contributed by atoms with E-state index in [1.165, 1.54) is 8.61 Å². The van der Waals surface area contributed by atoms with Crippen LogP contribution >= 0.6 is 11.6 Å². The van der Waals surface area contributed by atoms with Gasteiger partial charge in [0, 0.05) is 36.9 Å². The number of nitrogens with zero attached hydrogens (tertiary/aromatic N) is 2. The number of morpholine rings is 1. The van der Waals surface area contributed by atoms with Crippen LogP contribution in [0.15, 0.2) is 18.2 Å². The molecular formula is C17H24ClN3O4S. The molecule has 0 aromatic heterocycles. The number of hydrogen-bond acceptors (Lipinski definition) is 4. The van der Waals surface area contributed by atoms with E-state index >= 15 is 0 Å². The van der Waals surface area contributed by atoms with Crippen molar-refractivity contribution in [1.82, 2.24) is 8.61 Å². The third-order valence-corrected chi connectivity index (χ3v) is 7.23. The SMILES string of the molecule is Cc1ccc(NC(=O)C2CCCN(S(=O)(=O)N3CCOCC3)C2)cc1Cl. The fourth-order valence-electron chi connectivity index (χ4n) is 3.22. The first-order valence-corrected chi connectivity index (χ1v) is 10.6. The molecule has 9 heteroatoms. The second-order valence-electron chi connectivity index (χ2n) is 6.67. The lowest BCUT2D eigenvalue weighted by Gasteiger charge is -2.36. The largest absolute Gasteiger partial charge is 0.379 e. The van der Waals surface area contributed by atoms with Crippen molar-refractivity contribution in [2.45, 2.75) is 19.8 Å². The van der Waals surface area contributed by atoms with Crippen LogP contribution in [0.1, 0.15) is 18.4 Å². The summed E-state index contributed by atoms with van der Waals surface area (Å²) in [6, 6.07) is 5.35. The van der Waals surface area contributed by atoms with E-state index in [1.54, 1.807) is 12.1 Å². The van der Waals surface area contributed by atoms with Gasteiger partial charge in [0.15, 0.2) is 0 Å². The Labute approximate surface area is 159 Å². The first-order valence-electron chi connectivity index (χ1n) is 8.78. The maximum atomic E-state index is 12.8. The standard InChI is InChI=1S/C17H24ClN3O4S/c1-13-4-5-15(11-16(13)18)19-17(22)14-3-2-6-21(12-14)26(23,24)20-7-9-25-10-8-20/h4-5,11,14H,2-3,6-10,12H2,1H3,(H,19,22). The molecule has 0 radical (unpaired) electrons. The highest BCUT2D eigenvalue weighted by atomic mass is 35.5. The van der Waals surface area contributed by atoms with Gasteiger partial charge in [-0.05, 0) is 37.5 Å². The average molecular weight is 402 g/mol. The third kappa shape index (κ3) is 4.37. The lowest BCUT2D eigenvalue weighted by molar-refractivity contribution is -0.120. The summed E-state index contributed by atoms with van der Waals surface area (Å²) in [6.07, 6.45) is 1.33. The highest BCUT2D eigenvalue weighted by Gasteiger charge is 2.36. The number of carbonyl (C=O) groups excluding carboxylic acids is 1. The molecule has 2 heterocycles. The molecular weight excluding hydrogens is 378 g/mol. The molecule has 0 spiro atoms. The summed E-state index contributed by atoms with van der Waals surface area (Å²) in [5, 5.41) is 3.44. The molecule has 1 aromatic carbocycles. The Hall–Kier alpha value is -1.19. The van der Waals surface area contributed by atoms with Crippen molar-refractivity contribution in [1.29, 1.82) is 0 Å². The van der Waals surface area contributed by atoms with E-state index in [-0.39, 0.29) is 18.4 Å². The summed E-state index contributed by atoms with van der Waals surface area (Å²) >= 11 is 6.10. The molecule has 1 N–H and O–H groups in total. The Morgan fingerprint density at radius 1 is 1.23 bits per heavy atom. The molecule has 7 nitrogen and oxygen atoms in total. The fourth-order valence-corrected chi connectivity index (χ4v) is 5.07. The molecule has 0 bridgehead atoms. The van der Waals surface area contributed by atoms with Crippen molar-refractivity contribution in [3.05, 3.63) is 28.8 Å². The third-order valence-electron chi connectivity index (χ3n) is 4.82. The highest BCUT2D eigenvalue weighted by molar-refractivity contribution is 7.86. The Bertz CT molecular complexity index is 765. The van der Waals surface area contributed by atoms with Gasteiger partial charge in [0.2, 0.25) is 5.91 Å². The van der Waals surface area contributed by atoms with Crippen LogP contribution in [0.25, 0.3) is 0 Å². The lowest BCUT2D eigenvalue weighted by atomic mass is 9.98. The topological polar surface area (TPSA) is 79.0 Å². The molecule has 144 valence electrons. The summed E-state index contributed by atoms with van der Waals surface area (Å²) in [6.45, 7) is 4.07. The maximum Gasteiger partial charge on any atom is 0.282 e. The Kier molecular flexibility index (Phi) is 6.19. The predicted molar refractivity (Wildman–Crippen MR) is 100 cm³/mol. The van der Waals surface area contributed by atoms with Crippen LogP contribution < -0.4 is 5.32 Å². The number of aryl methyl sites for hydroxylation is 1. The zero-order chi connectivity index (χ0) is 18.7. The molecule has 1 amide bonds. The summed E-state index contributed by atoms with van der Waals surface area (Å²) in [5.41, 5.74) is 1.56. The van der Waals surface area contributed by atoms with Crippen LogP contribution in [-0.2, 0) is 19.7 Å². The molecule has 1 unspecified atom stereocenters. The second kappa shape index (κ2) is 8.22. The molecule has 2 saturated heterocycles. The number of amides is 1. The van der Waals surface area contributed by atoms with Gasteiger partial charge in [0.1, 0.15) is 0 Å². The van der Waals surface area contributed by atoms with Gasteiger partial charge in [-0.1, -0.05) is 17.7 Å². The Morgan fingerprint density at radius 2 is 1.96 bits per heavy atom. The average Bonchev–Trinajstić information content (AvgIpc) is 2.65. The van der Waals surface area contributed by atoms with Crippen LogP contribution in [0.3, 0.4) is 0 Å². The fraction of sp³-hybridized carbons (Fsp3) is 0.588. The van der Waals surface area contributed by atoms with Crippen LogP contribution in [0.2, 0.25) is 5.02 Å². The number of hydrogen-bond donors (Lipinski definition) is 1. The van der Waals surface area contributed by atoms with Crippen molar-refractivity contribution in [3.63, 3.8) is 0 Å². The van der Waals surface area contributed by atoms with Crippen molar-refractivity contribution in [2.75, 3.05) is 44.7 Å². The van der Waals surface area contributed by atoms with Gasteiger partial charge in [-0.25, -0.2) is 0 Å². The minimum absolute atomic E-state index is 0.174. The van der Waals surface area contributed by atoms with Crippen LogP contribution in [0.5, 0.6) is 0 Å². The van der Waals surface area contributed by atoms with Gasteiger partial charge in [-0.3, -0.25) is 4.79 Å². The maximum absolute atomic E-state index is 12.8. The van der Waals surface area contributed by atoms with E-state index in [2.05, 4.69) is 5.32 Å². The van der Waals surface area contributed by atoms with Gasteiger partial charge >= 0.3 is 0 Å². The molecule has 3 rings (SSSR count). The van der Waals surface area contributed by atoms with Gasteiger partial charge < -0.3 is 10.1 Å². The number of ether oxygens (including phenoxy) is 1. The predicted octanol–water partition coefficient (Wildman–Crippen LogP) is 1.88. The van der Waals surface area contributed by atoms with Crippen LogP contribution in [-0.4, -0.2) is 62.3 Å². The van der Waals surface area contributed by atoms with Crippen LogP contribution in [0.4, 0.5) is 5.69 Å². The van der Waals surface area contributed by atoms with Gasteiger partial charge in [-0.2, -0.15) is 17.0 Å². The summed E-state index contributed by atoms with van der Waals surface area (Å²) < 4.78 is 33.7. The Balaban J connectivity index is 1.65. The van der Waals surface area contributed by atoms with Crippen molar-refractivity contribution in [3.8, 4) is 0 Å². The highest BCUT2D eigenvalue weighted by Crippen LogP contribution is 2.25. The minimum Gasteiger partial charge on any atom is -0.379 e. The van der Waals surface area contributed by atoms with Crippen molar-refractivity contribution >= 4 is 33.4 Å². The van der Waals surface area contributed by atoms with Crippen LogP contribution in [0, 0.1) is 12.8 Å². The molecule has 1 atom stereocenters. The zero-order valence-corrected chi connectivity index (χ0v) is 16.4. The first-order chi connectivity index (χ1) is 12.4. The summed E-state index contributed by atoms with van der Waals surface area (Å²) in [5.74, 6) is -0.550. The Morgan fingerprint density at radius 3 is 2.65 bits per heavy atom. The molecule has 2 fully saturated rings. The van der Waals surface area contributed by atoms with E-state index in [4.69, 9.17) is 16.3 Å². The molecule has 1 aromatic rings. The zero-order valence-electron chi connectivity index (χ0n) is 14.8. The molecule has 0 saturated carbocycles. The normalized spacial score (nSPS) is 22.9. The van der Waals surface area contributed by atoms with Crippen molar-refractivity contribution < 1.29 is 17.9 Å². The van der Waals surface area contributed by atoms with Crippen molar-refractivity contribution in [2.24, 2.45) is 5.92 Å². The smallest absolute Gasteiger partial charge is 0.282 e. The summed E-state index contributed by atoms with van der Waals surface area (Å²) in [7, 11) is -3.55. The van der Waals surface area contributed by atoms with E-state index < -0.39 is 10.2 Å². The van der Waals surface area contributed by atoms with Gasteiger partial charge in [0.05, 0.1) is 19.1 Å². The number of rotatable bonds is 4. The van der Waals surface area contributed by atoms with Gasteiger partial charge in [-0.15, -0.1) is 0 Å². The summed E-state index contributed by atoms with van der Waals surface area (Å²) in [4.78, 5) is 12.6. The molecule has 2 aliphatic heterocycles. The minimum atomic E-state index is -3.55. The van der Waals surface area contributed by atoms with E-state index in [0.717, 1.165) is 5.56 Å². The number of nitrogens with one attached hydrogen (secondary N) is 1. The van der Waals surface area contributed by atoms with E-state index in [9.17, 15) is 13.2 Å². The number of carbonyl (C=O) groups is 1. The number of halogens is 1. The molecule has 2 aliphatic rings. The quantitative estimate of drug-likeness (QED) is 0.835. The molecule has 26 heavy (non-hydrogen) atoms. The van der Waals surface area contributed by atoms with E-state index in [1.807, 2.05) is 13.0 Å². The monoisotopic (exact) mass is 401 g/mol.